The molecule has 3 N–H and O–H groups in total. The number of alkyl halides is 3. The summed E-state index contributed by atoms with van der Waals surface area (Å²) in [6.45, 7) is -0.188. The lowest BCUT2D eigenvalue weighted by molar-refractivity contribution is -0.231. The quantitative estimate of drug-likeness (QED) is 0.539. The molecule has 2 aliphatic heterocycles. The third-order valence-corrected chi connectivity index (χ3v) is 2.04. The number of nitrogens with zero attached hydrogens (tertiary/aromatic N) is 1. The standard InChI is InChI=1S/C7H7F3N4O3/c8-7(9,10)6(16)17-14-2-13-3-4(14)11-1-12-5(3)15/h11,13H,1-2H2,(H,12,15). The Morgan fingerprint density at radius 2 is 2.00 bits per heavy atom. The number of rotatable bonds is 1. The zero-order valence-electron chi connectivity index (χ0n) is 8.22. The molecular formula is C7H7F3N4O3. The molecule has 0 unspecified atom stereocenters. The predicted molar refractivity (Wildman–Crippen MR) is 45.2 cm³/mol. The summed E-state index contributed by atoms with van der Waals surface area (Å²) in [6, 6.07) is 0. The average molecular weight is 252 g/mol. The minimum absolute atomic E-state index is 0.00588. The molecule has 94 valence electrons. The minimum Gasteiger partial charge on any atom is -0.357 e. The van der Waals surface area contributed by atoms with Crippen molar-refractivity contribution >= 4 is 11.9 Å². The second-order valence-electron chi connectivity index (χ2n) is 3.17. The van der Waals surface area contributed by atoms with E-state index in [9.17, 15) is 22.8 Å². The van der Waals surface area contributed by atoms with Crippen molar-refractivity contribution in [2.45, 2.75) is 6.18 Å². The van der Waals surface area contributed by atoms with Gasteiger partial charge in [-0.1, -0.05) is 0 Å². The number of carbonyl (C=O) groups is 2. The SMILES string of the molecule is O=C1NCNC2=C1NCN2OC(=O)C(F)(F)F. The minimum atomic E-state index is -5.08. The predicted octanol–water partition coefficient (Wildman–Crippen LogP) is -1.28. The molecule has 0 aromatic heterocycles. The number of hydroxylamine groups is 2. The molecule has 7 nitrogen and oxygen atoms in total. The first-order chi connectivity index (χ1) is 7.89. The van der Waals surface area contributed by atoms with Gasteiger partial charge >= 0.3 is 12.1 Å². The zero-order chi connectivity index (χ0) is 12.6. The van der Waals surface area contributed by atoms with Gasteiger partial charge < -0.3 is 20.8 Å². The largest absolute Gasteiger partial charge is 0.493 e. The van der Waals surface area contributed by atoms with Crippen LogP contribution in [0.2, 0.25) is 0 Å². The molecule has 0 saturated heterocycles. The number of carbonyl (C=O) groups excluding carboxylic acids is 2. The first-order valence-electron chi connectivity index (χ1n) is 4.46. The van der Waals surface area contributed by atoms with E-state index in [1.165, 1.54) is 0 Å². The third-order valence-electron chi connectivity index (χ3n) is 2.04. The van der Waals surface area contributed by atoms with Crippen LogP contribution in [-0.2, 0) is 14.4 Å². The fraction of sp³-hybridized carbons (Fsp3) is 0.429. The molecule has 0 aromatic carbocycles. The van der Waals surface area contributed by atoms with E-state index < -0.39 is 18.1 Å². The lowest BCUT2D eigenvalue weighted by atomic mass is 10.4. The zero-order valence-corrected chi connectivity index (χ0v) is 8.22. The van der Waals surface area contributed by atoms with Gasteiger partial charge in [0.1, 0.15) is 12.4 Å². The third kappa shape index (κ3) is 2.05. The molecule has 0 atom stereocenters. The van der Waals surface area contributed by atoms with Crippen LogP contribution in [-0.4, -0.2) is 36.5 Å². The van der Waals surface area contributed by atoms with Crippen LogP contribution in [0.1, 0.15) is 0 Å². The Kier molecular flexibility index (Phi) is 2.48. The highest BCUT2D eigenvalue weighted by Crippen LogP contribution is 2.21. The van der Waals surface area contributed by atoms with Gasteiger partial charge in [-0.05, 0) is 0 Å². The number of amides is 1. The lowest BCUT2D eigenvalue weighted by Gasteiger charge is -2.23. The smallest absolute Gasteiger partial charge is 0.357 e. The van der Waals surface area contributed by atoms with Crippen LogP contribution in [0.3, 0.4) is 0 Å². The summed E-state index contributed by atoms with van der Waals surface area (Å²) in [6.07, 6.45) is -5.08. The molecule has 0 radical (unpaired) electrons. The van der Waals surface area contributed by atoms with Gasteiger partial charge in [0, 0.05) is 0 Å². The molecule has 0 bridgehead atoms. The van der Waals surface area contributed by atoms with Gasteiger partial charge in [-0.2, -0.15) is 18.2 Å². The Labute approximate surface area is 92.5 Å². The molecule has 2 rings (SSSR count). The van der Waals surface area contributed by atoms with E-state index in [-0.39, 0.29) is 24.9 Å². The van der Waals surface area contributed by atoms with Crippen LogP contribution in [0.4, 0.5) is 13.2 Å². The van der Waals surface area contributed by atoms with E-state index in [2.05, 4.69) is 20.8 Å². The summed E-state index contributed by atoms with van der Waals surface area (Å²) in [4.78, 5) is 26.0. The molecule has 17 heavy (non-hydrogen) atoms. The average Bonchev–Trinajstić information content (AvgIpc) is 2.62. The summed E-state index contributed by atoms with van der Waals surface area (Å²) in [5.74, 6) is -2.82. The van der Waals surface area contributed by atoms with Crippen LogP contribution >= 0.6 is 0 Å². The first kappa shape index (κ1) is 11.4. The Hall–Kier alpha value is -2.13. The van der Waals surface area contributed by atoms with Crippen LogP contribution in [0.15, 0.2) is 11.5 Å². The maximum absolute atomic E-state index is 12.0. The topological polar surface area (TPSA) is 82.7 Å². The highest BCUT2D eigenvalue weighted by Gasteiger charge is 2.44. The van der Waals surface area contributed by atoms with E-state index in [1.807, 2.05) is 0 Å². The molecule has 2 aliphatic rings. The van der Waals surface area contributed by atoms with Crippen LogP contribution < -0.4 is 16.0 Å². The lowest BCUT2D eigenvalue weighted by Crippen LogP contribution is -2.44. The van der Waals surface area contributed by atoms with Gasteiger partial charge in [-0.15, -0.1) is 0 Å². The first-order valence-corrected chi connectivity index (χ1v) is 4.46. The maximum Gasteiger partial charge on any atom is 0.493 e. The van der Waals surface area contributed by atoms with Gasteiger partial charge in [-0.3, -0.25) is 4.79 Å². The molecule has 0 fully saturated rings. The van der Waals surface area contributed by atoms with Crippen molar-refractivity contribution in [1.29, 1.82) is 0 Å². The molecule has 2 heterocycles. The Balaban J connectivity index is 2.10. The fourth-order valence-corrected chi connectivity index (χ4v) is 1.33. The van der Waals surface area contributed by atoms with E-state index in [4.69, 9.17) is 0 Å². The van der Waals surface area contributed by atoms with Crippen LogP contribution in [0, 0.1) is 0 Å². The van der Waals surface area contributed by atoms with E-state index in [0.29, 0.717) is 5.06 Å². The van der Waals surface area contributed by atoms with Crippen molar-refractivity contribution in [3.8, 4) is 0 Å². The van der Waals surface area contributed by atoms with Crippen LogP contribution in [0.25, 0.3) is 0 Å². The fourth-order valence-electron chi connectivity index (χ4n) is 1.33. The Morgan fingerprint density at radius 1 is 1.29 bits per heavy atom. The second-order valence-corrected chi connectivity index (χ2v) is 3.17. The summed E-state index contributed by atoms with van der Waals surface area (Å²) < 4.78 is 35.9. The van der Waals surface area contributed by atoms with Gasteiger partial charge in [0.15, 0.2) is 5.82 Å². The molecule has 10 heteroatoms. The Bertz CT molecular complexity index is 406. The van der Waals surface area contributed by atoms with E-state index in [0.717, 1.165) is 0 Å². The van der Waals surface area contributed by atoms with Gasteiger partial charge in [0.25, 0.3) is 5.91 Å². The van der Waals surface area contributed by atoms with Crippen molar-refractivity contribution in [1.82, 2.24) is 21.0 Å². The summed E-state index contributed by atoms with van der Waals surface area (Å²) >= 11 is 0. The number of nitrogens with one attached hydrogen (secondary N) is 3. The molecule has 0 aliphatic carbocycles. The van der Waals surface area contributed by atoms with Crippen molar-refractivity contribution < 1.29 is 27.6 Å². The number of hydrogen-bond donors (Lipinski definition) is 3. The number of hydrogen-bond acceptors (Lipinski definition) is 6. The van der Waals surface area contributed by atoms with Gasteiger partial charge in [0.05, 0.1) is 6.67 Å². The summed E-state index contributed by atoms with van der Waals surface area (Å²) in [5, 5.41) is 8.13. The van der Waals surface area contributed by atoms with Crippen LogP contribution in [0.5, 0.6) is 0 Å². The maximum atomic E-state index is 12.0. The Morgan fingerprint density at radius 3 is 2.65 bits per heavy atom. The normalized spacial score (nSPS) is 19.2. The molecule has 0 spiro atoms. The van der Waals surface area contributed by atoms with E-state index in [1.54, 1.807) is 0 Å². The van der Waals surface area contributed by atoms with Crippen molar-refractivity contribution in [2.75, 3.05) is 13.3 Å². The van der Waals surface area contributed by atoms with Gasteiger partial charge in [-0.25, -0.2) is 4.79 Å². The van der Waals surface area contributed by atoms with Crippen molar-refractivity contribution in [3.63, 3.8) is 0 Å². The molecule has 0 saturated carbocycles. The van der Waals surface area contributed by atoms with Gasteiger partial charge in [0.2, 0.25) is 0 Å². The van der Waals surface area contributed by atoms with Crippen molar-refractivity contribution in [3.05, 3.63) is 11.5 Å². The van der Waals surface area contributed by atoms with E-state index >= 15 is 0 Å². The highest BCUT2D eigenvalue weighted by molar-refractivity contribution is 5.94. The summed E-state index contributed by atoms with van der Waals surface area (Å²) in [7, 11) is 0. The molecule has 1 amide bonds. The van der Waals surface area contributed by atoms with Crippen molar-refractivity contribution in [2.24, 2.45) is 0 Å². The number of halogens is 3. The molecule has 0 aromatic rings. The second kappa shape index (κ2) is 3.71. The monoisotopic (exact) mass is 252 g/mol. The summed E-state index contributed by atoms with van der Waals surface area (Å²) in [5.41, 5.74) is 0.0335. The molecular weight excluding hydrogens is 245 g/mol. The highest BCUT2D eigenvalue weighted by atomic mass is 19.4.